The van der Waals surface area contributed by atoms with E-state index in [0.29, 0.717) is 0 Å². The van der Waals surface area contributed by atoms with E-state index in [9.17, 15) is 0 Å². The van der Waals surface area contributed by atoms with Gasteiger partial charge in [-0.2, -0.15) is 0 Å². The Labute approximate surface area is 133 Å². The maximum Gasteiger partial charge on any atom is 0.0753 e. The first-order valence-corrected chi connectivity index (χ1v) is 7.91. The van der Waals surface area contributed by atoms with E-state index in [0.717, 1.165) is 16.5 Å². The van der Waals surface area contributed by atoms with Crippen LogP contribution < -0.4 is 5.32 Å². The normalized spacial score (nSPS) is 12.5. The average molecular weight is 341 g/mol. The molecule has 3 rings (SSSR count). The Morgan fingerprint density at radius 1 is 1.05 bits per heavy atom. The highest BCUT2D eigenvalue weighted by molar-refractivity contribution is 9.10. The van der Waals surface area contributed by atoms with Gasteiger partial charge in [0.2, 0.25) is 0 Å². The lowest BCUT2D eigenvalue weighted by molar-refractivity contribution is 0.633. The quantitative estimate of drug-likeness (QED) is 0.744. The average Bonchev–Trinajstić information content (AvgIpc) is 2.53. The first-order valence-electron chi connectivity index (χ1n) is 7.12. The third kappa shape index (κ3) is 2.99. The lowest BCUT2D eigenvalue weighted by Gasteiger charge is -2.20. The Hall–Kier alpha value is -1.71. The Morgan fingerprint density at radius 3 is 2.57 bits per heavy atom. The molecule has 0 fully saturated rings. The standard InChI is InChI=1S/C18H17BrN2/c1-2-20-17(14-8-10-15(19)11-9-14)16-7-3-5-13-6-4-12-21-18(13)16/h3-12,17,20H,2H2,1H3. The van der Waals surface area contributed by atoms with Gasteiger partial charge in [0, 0.05) is 16.1 Å². The fourth-order valence-corrected chi connectivity index (χ4v) is 2.89. The highest BCUT2D eigenvalue weighted by atomic mass is 79.9. The van der Waals surface area contributed by atoms with E-state index in [1.807, 2.05) is 12.3 Å². The summed E-state index contributed by atoms with van der Waals surface area (Å²) >= 11 is 3.50. The highest BCUT2D eigenvalue weighted by Crippen LogP contribution is 2.28. The van der Waals surface area contributed by atoms with Crippen LogP contribution in [0.3, 0.4) is 0 Å². The number of hydrogen-bond donors (Lipinski definition) is 1. The van der Waals surface area contributed by atoms with Gasteiger partial charge in [-0.3, -0.25) is 4.98 Å². The van der Waals surface area contributed by atoms with Crippen LogP contribution in [0.25, 0.3) is 10.9 Å². The number of nitrogens with zero attached hydrogens (tertiary/aromatic N) is 1. The van der Waals surface area contributed by atoms with Crippen molar-refractivity contribution in [3.8, 4) is 0 Å². The topological polar surface area (TPSA) is 24.9 Å². The number of hydrogen-bond acceptors (Lipinski definition) is 2. The van der Waals surface area contributed by atoms with Gasteiger partial charge in [-0.25, -0.2) is 0 Å². The zero-order chi connectivity index (χ0) is 14.7. The van der Waals surface area contributed by atoms with Gasteiger partial charge >= 0.3 is 0 Å². The van der Waals surface area contributed by atoms with Crippen LogP contribution in [0.1, 0.15) is 24.1 Å². The van der Waals surface area contributed by atoms with Gasteiger partial charge in [0.05, 0.1) is 11.6 Å². The molecule has 1 aromatic heterocycles. The number of halogens is 1. The van der Waals surface area contributed by atoms with Gasteiger partial charge in [-0.1, -0.05) is 59.3 Å². The van der Waals surface area contributed by atoms with E-state index in [-0.39, 0.29) is 6.04 Å². The molecule has 2 aromatic carbocycles. The number of aromatic nitrogens is 1. The van der Waals surface area contributed by atoms with E-state index in [1.165, 1.54) is 16.5 Å². The maximum atomic E-state index is 4.58. The molecule has 3 heteroatoms. The smallest absolute Gasteiger partial charge is 0.0753 e. The van der Waals surface area contributed by atoms with Crippen molar-refractivity contribution in [2.24, 2.45) is 0 Å². The summed E-state index contributed by atoms with van der Waals surface area (Å²) in [6.07, 6.45) is 1.86. The molecule has 106 valence electrons. The molecule has 0 spiro atoms. The van der Waals surface area contributed by atoms with E-state index in [4.69, 9.17) is 0 Å². The molecule has 0 aliphatic carbocycles. The molecule has 1 heterocycles. The molecule has 0 aliphatic heterocycles. The molecule has 1 atom stereocenters. The second kappa shape index (κ2) is 6.37. The van der Waals surface area contributed by atoms with E-state index in [1.54, 1.807) is 0 Å². The number of benzene rings is 2. The zero-order valence-corrected chi connectivity index (χ0v) is 13.5. The van der Waals surface area contributed by atoms with Crippen molar-refractivity contribution in [2.75, 3.05) is 6.54 Å². The monoisotopic (exact) mass is 340 g/mol. The van der Waals surface area contributed by atoms with Gasteiger partial charge < -0.3 is 5.32 Å². The highest BCUT2D eigenvalue weighted by Gasteiger charge is 2.16. The van der Waals surface area contributed by atoms with Crippen molar-refractivity contribution in [2.45, 2.75) is 13.0 Å². The summed E-state index contributed by atoms with van der Waals surface area (Å²) in [6.45, 7) is 3.04. The summed E-state index contributed by atoms with van der Waals surface area (Å²) in [6, 6.07) is 19.1. The van der Waals surface area contributed by atoms with Crippen LogP contribution >= 0.6 is 15.9 Å². The summed E-state index contributed by atoms with van der Waals surface area (Å²) in [4.78, 5) is 4.58. The van der Waals surface area contributed by atoms with Crippen LogP contribution in [0.4, 0.5) is 0 Å². The summed E-state index contributed by atoms with van der Waals surface area (Å²) in [5, 5.41) is 4.75. The number of para-hydroxylation sites is 1. The Bertz CT molecular complexity index is 732. The number of pyridine rings is 1. The van der Waals surface area contributed by atoms with Gasteiger partial charge in [-0.15, -0.1) is 0 Å². The summed E-state index contributed by atoms with van der Waals surface area (Å²) in [5.74, 6) is 0. The van der Waals surface area contributed by atoms with Crippen molar-refractivity contribution in [3.63, 3.8) is 0 Å². The molecule has 0 bridgehead atoms. The van der Waals surface area contributed by atoms with E-state index >= 15 is 0 Å². The summed E-state index contributed by atoms with van der Waals surface area (Å²) in [7, 11) is 0. The largest absolute Gasteiger partial charge is 0.306 e. The van der Waals surface area contributed by atoms with Crippen LogP contribution in [-0.4, -0.2) is 11.5 Å². The molecule has 0 amide bonds. The fraction of sp³-hybridized carbons (Fsp3) is 0.167. The van der Waals surface area contributed by atoms with E-state index < -0.39 is 0 Å². The predicted molar refractivity (Wildman–Crippen MR) is 91.4 cm³/mol. The second-order valence-corrected chi connectivity index (χ2v) is 5.88. The predicted octanol–water partition coefficient (Wildman–Crippen LogP) is 4.70. The molecule has 1 N–H and O–H groups in total. The minimum atomic E-state index is 0.154. The molecule has 0 aliphatic rings. The molecular weight excluding hydrogens is 324 g/mol. The lowest BCUT2D eigenvalue weighted by Crippen LogP contribution is -2.22. The first kappa shape index (κ1) is 14.2. The molecule has 3 aromatic rings. The number of rotatable bonds is 4. The maximum absolute atomic E-state index is 4.58. The van der Waals surface area contributed by atoms with Crippen molar-refractivity contribution >= 4 is 26.8 Å². The Morgan fingerprint density at radius 2 is 1.81 bits per heavy atom. The first-order chi connectivity index (χ1) is 10.3. The molecule has 1 unspecified atom stereocenters. The summed E-state index contributed by atoms with van der Waals surface area (Å²) in [5.41, 5.74) is 3.53. The SMILES string of the molecule is CCNC(c1ccc(Br)cc1)c1cccc2cccnc12. The van der Waals surface area contributed by atoms with Crippen molar-refractivity contribution < 1.29 is 0 Å². The van der Waals surface area contributed by atoms with Gasteiger partial charge in [0.15, 0.2) is 0 Å². The minimum Gasteiger partial charge on any atom is -0.306 e. The molecular formula is C18H17BrN2. The molecule has 0 radical (unpaired) electrons. The fourth-order valence-electron chi connectivity index (χ4n) is 2.63. The third-order valence-corrected chi connectivity index (χ3v) is 4.12. The van der Waals surface area contributed by atoms with Gasteiger partial charge in [0.25, 0.3) is 0 Å². The van der Waals surface area contributed by atoms with Crippen LogP contribution in [0.15, 0.2) is 65.3 Å². The summed E-state index contributed by atoms with van der Waals surface area (Å²) < 4.78 is 1.09. The van der Waals surface area contributed by atoms with Crippen LogP contribution in [0, 0.1) is 0 Å². The third-order valence-electron chi connectivity index (χ3n) is 3.59. The van der Waals surface area contributed by atoms with Crippen LogP contribution in [0.5, 0.6) is 0 Å². The second-order valence-electron chi connectivity index (χ2n) is 4.96. The number of fused-ring (bicyclic) bond motifs is 1. The Kier molecular flexibility index (Phi) is 4.32. The van der Waals surface area contributed by atoms with Gasteiger partial charge in [-0.05, 0) is 35.9 Å². The molecule has 0 saturated heterocycles. The van der Waals surface area contributed by atoms with Crippen LogP contribution in [-0.2, 0) is 0 Å². The van der Waals surface area contributed by atoms with Crippen molar-refractivity contribution in [3.05, 3.63) is 76.4 Å². The lowest BCUT2D eigenvalue weighted by atomic mass is 9.96. The minimum absolute atomic E-state index is 0.154. The Balaban J connectivity index is 2.13. The van der Waals surface area contributed by atoms with Crippen LogP contribution in [0.2, 0.25) is 0 Å². The van der Waals surface area contributed by atoms with Crippen molar-refractivity contribution in [1.82, 2.24) is 10.3 Å². The molecule has 2 nitrogen and oxygen atoms in total. The molecule has 21 heavy (non-hydrogen) atoms. The van der Waals surface area contributed by atoms with Crippen molar-refractivity contribution in [1.29, 1.82) is 0 Å². The van der Waals surface area contributed by atoms with Gasteiger partial charge in [0.1, 0.15) is 0 Å². The number of nitrogens with one attached hydrogen (secondary N) is 1. The molecule has 0 saturated carbocycles. The van der Waals surface area contributed by atoms with E-state index in [2.05, 4.69) is 81.7 Å². The zero-order valence-electron chi connectivity index (χ0n) is 11.9.